The third-order valence-electron chi connectivity index (χ3n) is 0.615. The molecule has 0 aliphatic carbocycles. The molecule has 0 radical (unpaired) electrons. The highest BCUT2D eigenvalue weighted by molar-refractivity contribution is 6.30. The van der Waals surface area contributed by atoms with E-state index in [0.29, 0.717) is 0 Å². The fourth-order valence-corrected chi connectivity index (χ4v) is 0.785. The maximum atomic E-state index is 10.3. The Hall–Kier alpha value is -0.573. The second-order valence-corrected chi connectivity index (χ2v) is 3.07. The van der Waals surface area contributed by atoms with Gasteiger partial charge in [0.2, 0.25) is 9.76 Å². The summed E-state index contributed by atoms with van der Waals surface area (Å²) in [5, 5.41) is 0. The van der Waals surface area contributed by atoms with Crippen LogP contribution in [0.25, 0.3) is 0 Å². The van der Waals surface area contributed by atoms with E-state index in [1.165, 1.54) is 6.08 Å². The van der Waals surface area contributed by atoms with E-state index in [0.717, 1.165) is 6.04 Å². The highest BCUT2D eigenvalue weighted by Crippen LogP contribution is 1.79. The molecule has 0 bridgehead atoms. The van der Waals surface area contributed by atoms with Crippen LogP contribution in [0.1, 0.15) is 6.92 Å². The van der Waals surface area contributed by atoms with Crippen LogP contribution in [0, 0.1) is 0 Å². The Kier molecular flexibility index (Phi) is 4.25. The van der Waals surface area contributed by atoms with Crippen molar-refractivity contribution < 1.29 is 9.22 Å². The zero-order valence-corrected chi connectivity index (χ0v) is 6.43. The SMILES string of the molecule is C=CC(=O)O[SiH2]CC. The predicted molar refractivity (Wildman–Crippen MR) is 35.3 cm³/mol. The van der Waals surface area contributed by atoms with Gasteiger partial charge < -0.3 is 4.43 Å². The molecule has 0 aliphatic rings. The van der Waals surface area contributed by atoms with Crippen LogP contribution in [0.15, 0.2) is 12.7 Å². The van der Waals surface area contributed by atoms with Crippen molar-refractivity contribution in [1.82, 2.24) is 0 Å². The normalized spacial score (nSPS) is 9.62. The van der Waals surface area contributed by atoms with Crippen LogP contribution in [0.3, 0.4) is 0 Å². The Morgan fingerprint density at radius 1 is 2.00 bits per heavy atom. The van der Waals surface area contributed by atoms with Gasteiger partial charge in [0.15, 0.2) is 0 Å². The lowest BCUT2D eigenvalue weighted by molar-refractivity contribution is -0.128. The van der Waals surface area contributed by atoms with Gasteiger partial charge in [-0.05, 0) is 6.04 Å². The topological polar surface area (TPSA) is 26.3 Å². The number of carbonyl (C=O) groups is 1. The van der Waals surface area contributed by atoms with E-state index in [9.17, 15) is 4.79 Å². The summed E-state index contributed by atoms with van der Waals surface area (Å²) < 4.78 is 4.72. The lowest BCUT2D eigenvalue weighted by atomic mass is 10.7. The van der Waals surface area contributed by atoms with Crippen LogP contribution < -0.4 is 0 Å². The number of hydrogen-bond acceptors (Lipinski definition) is 2. The quantitative estimate of drug-likeness (QED) is 0.404. The molecule has 3 heteroatoms. The van der Waals surface area contributed by atoms with E-state index in [2.05, 4.69) is 6.58 Å². The minimum absolute atomic E-state index is 0.279. The van der Waals surface area contributed by atoms with Gasteiger partial charge in [-0.3, -0.25) is 0 Å². The van der Waals surface area contributed by atoms with Crippen molar-refractivity contribution in [3.05, 3.63) is 12.7 Å². The summed E-state index contributed by atoms with van der Waals surface area (Å²) in [7, 11) is -0.558. The molecule has 0 atom stereocenters. The molecule has 0 N–H and O–H groups in total. The smallest absolute Gasteiger partial charge is 0.316 e. The Morgan fingerprint density at radius 3 is 3.00 bits per heavy atom. The zero-order valence-electron chi connectivity index (χ0n) is 5.02. The van der Waals surface area contributed by atoms with Crippen molar-refractivity contribution in [2.24, 2.45) is 0 Å². The highest BCUT2D eigenvalue weighted by Gasteiger charge is 1.90. The molecule has 0 fully saturated rings. The fourth-order valence-electron chi connectivity index (χ4n) is 0.262. The predicted octanol–water partition coefficient (Wildman–Crippen LogP) is 0.238. The van der Waals surface area contributed by atoms with Gasteiger partial charge in [-0.15, -0.1) is 0 Å². The third-order valence-corrected chi connectivity index (χ3v) is 1.51. The van der Waals surface area contributed by atoms with Crippen LogP contribution in [0.4, 0.5) is 0 Å². The minimum atomic E-state index is -0.558. The molecule has 0 unspecified atom stereocenters. The largest absolute Gasteiger partial charge is 0.522 e. The maximum Gasteiger partial charge on any atom is 0.316 e. The molecule has 0 heterocycles. The summed E-state index contributed by atoms with van der Waals surface area (Å²) in [4.78, 5) is 10.3. The van der Waals surface area contributed by atoms with Crippen LogP contribution in [-0.2, 0) is 9.22 Å². The molecule has 2 nitrogen and oxygen atoms in total. The van der Waals surface area contributed by atoms with E-state index in [1.807, 2.05) is 6.92 Å². The molecule has 0 aromatic heterocycles. The maximum absolute atomic E-state index is 10.3. The number of rotatable bonds is 3. The number of hydrogen-bond donors (Lipinski definition) is 0. The summed E-state index contributed by atoms with van der Waals surface area (Å²) in [6.07, 6.45) is 1.20. The van der Waals surface area contributed by atoms with Crippen LogP contribution in [0.5, 0.6) is 0 Å². The Balaban J connectivity index is 3.11. The standard InChI is InChI=1S/C5H10O2Si/c1-3-5(6)7-8-4-2/h3H,1,4,8H2,2H3. The second kappa shape index (κ2) is 4.58. The molecule has 46 valence electrons. The van der Waals surface area contributed by atoms with Gasteiger partial charge in [0.1, 0.15) is 0 Å². The van der Waals surface area contributed by atoms with E-state index < -0.39 is 9.76 Å². The number of carbonyl (C=O) groups excluding carboxylic acids is 1. The van der Waals surface area contributed by atoms with E-state index in [4.69, 9.17) is 4.43 Å². The lowest BCUT2D eigenvalue weighted by Crippen LogP contribution is -2.02. The first-order chi connectivity index (χ1) is 3.81. The molecule has 0 aromatic carbocycles. The molecule has 0 saturated carbocycles. The summed E-state index contributed by atoms with van der Waals surface area (Å²) >= 11 is 0. The average Bonchev–Trinajstić information content (AvgIpc) is 1.83. The van der Waals surface area contributed by atoms with Crippen molar-refractivity contribution in [2.75, 3.05) is 0 Å². The molecular weight excluding hydrogens is 120 g/mol. The Morgan fingerprint density at radius 2 is 2.62 bits per heavy atom. The molecule has 0 aromatic rings. The summed E-state index contributed by atoms with van der Waals surface area (Å²) in [6.45, 7) is 5.26. The molecule has 0 amide bonds. The summed E-state index contributed by atoms with van der Waals surface area (Å²) in [6, 6.07) is 1.000. The van der Waals surface area contributed by atoms with Crippen LogP contribution in [-0.4, -0.2) is 15.7 Å². The first kappa shape index (κ1) is 7.43. The Labute approximate surface area is 51.5 Å². The zero-order chi connectivity index (χ0) is 6.41. The summed E-state index contributed by atoms with van der Waals surface area (Å²) in [5.74, 6) is -0.279. The third kappa shape index (κ3) is 3.61. The summed E-state index contributed by atoms with van der Waals surface area (Å²) in [5.41, 5.74) is 0. The van der Waals surface area contributed by atoms with Crippen molar-refractivity contribution in [2.45, 2.75) is 13.0 Å². The average molecular weight is 130 g/mol. The van der Waals surface area contributed by atoms with Gasteiger partial charge in [-0.2, -0.15) is 0 Å². The van der Waals surface area contributed by atoms with Gasteiger partial charge in [0.05, 0.1) is 0 Å². The van der Waals surface area contributed by atoms with E-state index in [-0.39, 0.29) is 5.97 Å². The fraction of sp³-hybridized carbons (Fsp3) is 0.400. The molecule has 0 saturated heterocycles. The molecule has 0 rings (SSSR count). The second-order valence-electron chi connectivity index (χ2n) is 1.37. The monoisotopic (exact) mass is 130 g/mol. The van der Waals surface area contributed by atoms with Crippen molar-refractivity contribution >= 4 is 15.7 Å². The lowest BCUT2D eigenvalue weighted by Gasteiger charge is -1.94. The van der Waals surface area contributed by atoms with E-state index >= 15 is 0 Å². The van der Waals surface area contributed by atoms with Crippen molar-refractivity contribution in [3.8, 4) is 0 Å². The van der Waals surface area contributed by atoms with Gasteiger partial charge in [-0.25, -0.2) is 4.79 Å². The molecule has 0 spiro atoms. The van der Waals surface area contributed by atoms with Gasteiger partial charge in [-0.1, -0.05) is 13.5 Å². The van der Waals surface area contributed by atoms with Gasteiger partial charge in [0.25, 0.3) is 0 Å². The molecule has 0 aliphatic heterocycles. The van der Waals surface area contributed by atoms with Crippen molar-refractivity contribution in [3.63, 3.8) is 0 Å². The van der Waals surface area contributed by atoms with Crippen LogP contribution >= 0.6 is 0 Å². The first-order valence-electron chi connectivity index (χ1n) is 2.60. The minimum Gasteiger partial charge on any atom is -0.522 e. The molecule has 8 heavy (non-hydrogen) atoms. The van der Waals surface area contributed by atoms with Gasteiger partial charge >= 0.3 is 5.97 Å². The van der Waals surface area contributed by atoms with Crippen LogP contribution in [0.2, 0.25) is 6.04 Å². The molecular formula is C5H10O2Si. The highest BCUT2D eigenvalue weighted by atomic mass is 28.2. The first-order valence-corrected chi connectivity index (χ1v) is 4.18. The van der Waals surface area contributed by atoms with Crippen molar-refractivity contribution in [1.29, 1.82) is 0 Å². The van der Waals surface area contributed by atoms with E-state index in [1.54, 1.807) is 0 Å². The van der Waals surface area contributed by atoms with Gasteiger partial charge in [0, 0.05) is 6.08 Å². The Bertz CT molecular complexity index is 90.4.